The molecule has 3 heterocycles. The van der Waals surface area contributed by atoms with E-state index in [4.69, 9.17) is 4.74 Å². The highest BCUT2D eigenvalue weighted by Crippen LogP contribution is 2.20. The number of likely N-dealkylation sites (tertiary alicyclic amines) is 2. The largest absolute Gasteiger partial charge is 0.374 e. The van der Waals surface area contributed by atoms with E-state index in [0.29, 0.717) is 6.04 Å². The first-order chi connectivity index (χ1) is 11.3. The van der Waals surface area contributed by atoms with Gasteiger partial charge >= 0.3 is 0 Å². The maximum Gasteiger partial charge on any atom is 0.193 e. The predicted octanol–water partition coefficient (Wildman–Crippen LogP) is 1.07. The van der Waals surface area contributed by atoms with Gasteiger partial charge in [-0.15, -0.1) is 24.0 Å². The van der Waals surface area contributed by atoms with Crippen LogP contribution in [0.2, 0.25) is 0 Å². The van der Waals surface area contributed by atoms with Crippen molar-refractivity contribution in [2.75, 3.05) is 66.5 Å². The molecule has 140 valence electrons. The molecule has 3 aliphatic rings. The van der Waals surface area contributed by atoms with Crippen LogP contribution in [0.3, 0.4) is 0 Å². The second-order valence-electron chi connectivity index (χ2n) is 7.17. The Morgan fingerprint density at radius 3 is 2.62 bits per heavy atom. The Morgan fingerprint density at radius 1 is 1.12 bits per heavy atom. The molecule has 1 N–H and O–H groups in total. The maximum atomic E-state index is 5.84. The van der Waals surface area contributed by atoms with Crippen LogP contribution in [-0.4, -0.2) is 99.3 Å². The van der Waals surface area contributed by atoms with Crippen LogP contribution in [0.4, 0.5) is 0 Å². The number of nitrogens with zero attached hydrogens (tertiary/aromatic N) is 4. The number of rotatable bonds is 3. The van der Waals surface area contributed by atoms with Crippen molar-refractivity contribution in [3.63, 3.8) is 0 Å². The minimum atomic E-state index is 0. The summed E-state index contributed by atoms with van der Waals surface area (Å²) in [7, 11) is 4.05. The molecule has 0 aliphatic carbocycles. The van der Waals surface area contributed by atoms with E-state index in [2.05, 4.69) is 32.1 Å². The zero-order valence-corrected chi connectivity index (χ0v) is 17.6. The lowest BCUT2D eigenvalue weighted by molar-refractivity contribution is -0.0163. The minimum Gasteiger partial charge on any atom is -0.374 e. The fraction of sp³-hybridized carbons (Fsp3) is 0.941. The van der Waals surface area contributed by atoms with E-state index in [-0.39, 0.29) is 30.1 Å². The molecule has 3 fully saturated rings. The predicted molar refractivity (Wildman–Crippen MR) is 109 cm³/mol. The van der Waals surface area contributed by atoms with Crippen LogP contribution in [0.25, 0.3) is 0 Å². The Balaban J connectivity index is 0.00000208. The Bertz CT molecular complexity index is 402. The Morgan fingerprint density at radius 2 is 1.92 bits per heavy atom. The Hall–Kier alpha value is -0.120. The van der Waals surface area contributed by atoms with Crippen LogP contribution in [0.5, 0.6) is 0 Å². The average Bonchev–Trinajstić information content (AvgIpc) is 3.06. The van der Waals surface area contributed by atoms with E-state index in [1.54, 1.807) is 0 Å². The SMILES string of the molecule is CN=C(NCC1CN(C)CCO1)N1CCC(N2CCCCC2)C1.I. The summed E-state index contributed by atoms with van der Waals surface area (Å²) in [6, 6.07) is 0.714. The standard InChI is InChI=1S/C17H33N5O.HI/c1-18-17(19-12-16-14-20(2)10-11-23-16)22-9-6-15(13-22)21-7-4-3-5-8-21;/h15-16H,3-14H2,1-2H3,(H,18,19);1H. The first kappa shape index (κ1) is 20.2. The fourth-order valence-corrected chi connectivity index (χ4v) is 4.04. The highest BCUT2D eigenvalue weighted by Gasteiger charge is 2.30. The molecule has 0 aromatic rings. The number of guanidine groups is 1. The maximum absolute atomic E-state index is 5.84. The molecule has 7 heteroatoms. The number of piperidine rings is 1. The number of aliphatic imine (C=N–C) groups is 1. The molecule has 0 aromatic heterocycles. The fourth-order valence-electron chi connectivity index (χ4n) is 4.04. The Labute approximate surface area is 164 Å². The molecular formula is C17H34IN5O. The summed E-state index contributed by atoms with van der Waals surface area (Å²) < 4.78 is 5.84. The molecule has 0 amide bonds. The summed E-state index contributed by atoms with van der Waals surface area (Å²) in [5, 5.41) is 3.53. The second kappa shape index (κ2) is 10.1. The Kier molecular flexibility index (Phi) is 8.53. The molecule has 3 rings (SSSR count). The van der Waals surface area contributed by atoms with E-state index in [1.807, 2.05) is 7.05 Å². The highest BCUT2D eigenvalue weighted by atomic mass is 127. The molecule has 2 unspecified atom stereocenters. The molecule has 2 atom stereocenters. The van der Waals surface area contributed by atoms with Crippen LogP contribution < -0.4 is 5.32 Å². The molecule has 6 nitrogen and oxygen atoms in total. The summed E-state index contributed by atoms with van der Waals surface area (Å²) in [5.41, 5.74) is 0. The summed E-state index contributed by atoms with van der Waals surface area (Å²) in [6.45, 7) is 8.52. The van der Waals surface area contributed by atoms with Crippen molar-refractivity contribution < 1.29 is 4.74 Å². The normalized spacial score (nSPS) is 30.2. The zero-order valence-electron chi connectivity index (χ0n) is 15.2. The van der Waals surface area contributed by atoms with Crippen molar-refractivity contribution in [3.05, 3.63) is 0 Å². The number of hydrogen-bond acceptors (Lipinski definition) is 4. The zero-order chi connectivity index (χ0) is 16.1. The smallest absolute Gasteiger partial charge is 0.193 e. The molecule has 0 spiro atoms. The lowest BCUT2D eigenvalue weighted by atomic mass is 10.1. The summed E-state index contributed by atoms with van der Waals surface area (Å²) in [6.07, 6.45) is 5.69. The van der Waals surface area contributed by atoms with Crippen molar-refractivity contribution in [2.24, 2.45) is 4.99 Å². The van der Waals surface area contributed by atoms with Gasteiger partial charge in [0.15, 0.2) is 5.96 Å². The van der Waals surface area contributed by atoms with Gasteiger partial charge in [0.25, 0.3) is 0 Å². The van der Waals surface area contributed by atoms with Gasteiger partial charge in [0, 0.05) is 45.8 Å². The van der Waals surface area contributed by atoms with E-state index < -0.39 is 0 Å². The van der Waals surface area contributed by atoms with E-state index in [1.165, 1.54) is 38.8 Å². The average molecular weight is 451 g/mol. The first-order valence-corrected chi connectivity index (χ1v) is 9.26. The lowest BCUT2D eigenvalue weighted by Crippen LogP contribution is -2.49. The molecule has 24 heavy (non-hydrogen) atoms. The molecule has 0 saturated carbocycles. The highest BCUT2D eigenvalue weighted by molar-refractivity contribution is 14.0. The minimum absolute atomic E-state index is 0. The third-order valence-corrected chi connectivity index (χ3v) is 5.41. The van der Waals surface area contributed by atoms with Crippen molar-refractivity contribution in [1.29, 1.82) is 0 Å². The van der Waals surface area contributed by atoms with E-state index >= 15 is 0 Å². The number of ether oxygens (including phenoxy) is 1. The number of likely N-dealkylation sites (N-methyl/N-ethyl adjacent to an activating group) is 1. The monoisotopic (exact) mass is 451 g/mol. The number of hydrogen-bond donors (Lipinski definition) is 1. The van der Waals surface area contributed by atoms with Gasteiger partial charge in [-0.2, -0.15) is 0 Å². The van der Waals surface area contributed by atoms with Gasteiger partial charge in [-0.05, 0) is 39.4 Å². The summed E-state index contributed by atoms with van der Waals surface area (Å²) >= 11 is 0. The quantitative estimate of drug-likeness (QED) is 0.395. The number of morpholine rings is 1. The van der Waals surface area contributed by atoms with Crippen molar-refractivity contribution >= 4 is 29.9 Å². The lowest BCUT2D eigenvalue weighted by Gasteiger charge is -2.33. The third kappa shape index (κ3) is 5.44. The molecular weight excluding hydrogens is 417 g/mol. The van der Waals surface area contributed by atoms with E-state index in [0.717, 1.165) is 45.3 Å². The van der Waals surface area contributed by atoms with Gasteiger partial charge in [-0.1, -0.05) is 6.42 Å². The molecule has 0 bridgehead atoms. The summed E-state index contributed by atoms with van der Waals surface area (Å²) in [5.74, 6) is 1.04. The van der Waals surface area contributed by atoms with Gasteiger partial charge in [0.2, 0.25) is 0 Å². The summed E-state index contributed by atoms with van der Waals surface area (Å²) in [4.78, 5) is 11.9. The van der Waals surface area contributed by atoms with Crippen LogP contribution in [-0.2, 0) is 4.74 Å². The van der Waals surface area contributed by atoms with Crippen LogP contribution in [0, 0.1) is 0 Å². The van der Waals surface area contributed by atoms with Crippen LogP contribution in [0.15, 0.2) is 4.99 Å². The van der Waals surface area contributed by atoms with Crippen molar-refractivity contribution in [2.45, 2.75) is 37.8 Å². The van der Waals surface area contributed by atoms with Gasteiger partial charge in [-0.3, -0.25) is 9.89 Å². The molecule has 0 aromatic carbocycles. The van der Waals surface area contributed by atoms with Gasteiger partial charge in [0.1, 0.15) is 0 Å². The number of halogens is 1. The second-order valence-corrected chi connectivity index (χ2v) is 7.17. The van der Waals surface area contributed by atoms with Crippen LogP contribution in [0.1, 0.15) is 25.7 Å². The first-order valence-electron chi connectivity index (χ1n) is 9.26. The van der Waals surface area contributed by atoms with Gasteiger partial charge < -0.3 is 19.9 Å². The molecule has 3 aliphatic heterocycles. The van der Waals surface area contributed by atoms with Gasteiger partial charge in [-0.25, -0.2) is 0 Å². The van der Waals surface area contributed by atoms with E-state index in [9.17, 15) is 0 Å². The third-order valence-electron chi connectivity index (χ3n) is 5.41. The van der Waals surface area contributed by atoms with Crippen molar-refractivity contribution in [1.82, 2.24) is 20.0 Å². The topological polar surface area (TPSA) is 43.3 Å². The van der Waals surface area contributed by atoms with Gasteiger partial charge in [0.05, 0.1) is 12.7 Å². The van der Waals surface area contributed by atoms with Crippen molar-refractivity contribution in [3.8, 4) is 0 Å². The molecule has 0 radical (unpaired) electrons. The number of nitrogens with one attached hydrogen (secondary N) is 1. The molecule has 3 saturated heterocycles. The van der Waals surface area contributed by atoms with Crippen LogP contribution >= 0.6 is 24.0 Å².